The molecule has 0 aromatic carbocycles. The zero-order valence-electron chi connectivity index (χ0n) is 18.4. The number of halogens is 1. The van der Waals surface area contributed by atoms with Gasteiger partial charge in [-0.2, -0.15) is 10.4 Å². The van der Waals surface area contributed by atoms with E-state index in [9.17, 15) is 10.1 Å². The minimum atomic E-state index is -0.294. The fourth-order valence-electron chi connectivity index (χ4n) is 3.67. The third-order valence-electron chi connectivity index (χ3n) is 5.37. The Labute approximate surface area is 213 Å². The van der Waals surface area contributed by atoms with Crippen LogP contribution in [-0.2, 0) is 20.0 Å². The lowest BCUT2D eigenvalue weighted by Gasteiger charge is -2.26. The highest BCUT2D eigenvalue weighted by Crippen LogP contribution is 2.38. The number of rotatable bonds is 5. The first-order valence-electron chi connectivity index (χ1n) is 10.4. The number of nitrogens with two attached hydrogens (primary N) is 1. The number of carbonyl (C=O) groups is 1. The Hall–Kier alpha value is -3.66. The topological polar surface area (TPSA) is 139 Å². The van der Waals surface area contributed by atoms with Crippen molar-refractivity contribution in [1.82, 2.24) is 24.7 Å². The summed E-state index contributed by atoms with van der Waals surface area (Å²) in [5.74, 6) is 0.577. The van der Waals surface area contributed by atoms with Crippen molar-refractivity contribution >= 4 is 57.4 Å². The van der Waals surface area contributed by atoms with Crippen LogP contribution in [0, 0.1) is 11.3 Å². The van der Waals surface area contributed by atoms with Gasteiger partial charge in [0, 0.05) is 53.0 Å². The Bertz CT molecular complexity index is 1460. The van der Waals surface area contributed by atoms with E-state index in [0.29, 0.717) is 46.6 Å². The SMILES string of the molecule is Cn1cc(C(=O)Nc2sc3c(c2C#N)CCN(c2ncc(Sc4ccnc(N)c4Cl)cn2)C3)cn1. The molecule has 5 rings (SSSR count). The number of hydrogen-bond donors (Lipinski definition) is 2. The van der Waals surface area contributed by atoms with Crippen molar-refractivity contribution in [1.29, 1.82) is 5.26 Å². The van der Waals surface area contributed by atoms with Gasteiger partial charge in [-0.25, -0.2) is 15.0 Å². The molecule has 1 aliphatic heterocycles. The predicted octanol–water partition coefficient (Wildman–Crippen LogP) is 3.74. The standard InChI is InChI=1S/C22H18ClN9OS2/c1-31-10-12(7-29-31)20(33)30-21-15(6-24)14-3-5-32(11-17(14)35-21)22-27-8-13(9-28-22)34-16-2-4-26-19(25)18(16)23/h2,4,7-10H,3,5,11H2,1H3,(H2,25,26)(H,30,33). The number of carbonyl (C=O) groups excluding carboxylic acids is 1. The second kappa shape index (κ2) is 9.53. The van der Waals surface area contributed by atoms with Crippen LogP contribution in [0.4, 0.5) is 16.8 Å². The van der Waals surface area contributed by atoms with Crippen LogP contribution >= 0.6 is 34.7 Å². The Balaban J connectivity index is 1.31. The molecule has 0 saturated heterocycles. The maximum absolute atomic E-state index is 12.6. The third kappa shape index (κ3) is 4.66. The molecule has 10 nitrogen and oxygen atoms in total. The van der Waals surface area contributed by atoms with Crippen LogP contribution in [0.2, 0.25) is 5.02 Å². The predicted molar refractivity (Wildman–Crippen MR) is 135 cm³/mol. The first-order valence-corrected chi connectivity index (χ1v) is 12.4. The molecule has 4 aromatic heterocycles. The quantitative estimate of drug-likeness (QED) is 0.400. The number of aryl methyl sites for hydroxylation is 1. The van der Waals surface area contributed by atoms with Crippen LogP contribution in [0.15, 0.2) is 46.8 Å². The molecule has 0 saturated carbocycles. The highest BCUT2D eigenvalue weighted by molar-refractivity contribution is 7.99. The summed E-state index contributed by atoms with van der Waals surface area (Å²) in [6.07, 6.45) is 8.87. The molecule has 35 heavy (non-hydrogen) atoms. The zero-order valence-corrected chi connectivity index (χ0v) is 20.8. The van der Waals surface area contributed by atoms with Gasteiger partial charge in [0.05, 0.1) is 28.9 Å². The van der Waals surface area contributed by atoms with E-state index in [1.54, 1.807) is 42.6 Å². The van der Waals surface area contributed by atoms with Crippen molar-refractivity contribution in [3.05, 3.63) is 63.6 Å². The Morgan fingerprint density at radius 3 is 2.83 bits per heavy atom. The van der Waals surface area contributed by atoms with E-state index in [1.807, 2.05) is 0 Å². The van der Waals surface area contributed by atoms with Crippen molar-refractivity contribution in [2.24, 2.45) is 7.05 Å². The number of amides is 1. The fourth-order valence-corrected chi connectivity index (χ4v) is 5.89. The van der Waals surface area contributed by atoms with Crippen molar-refractivity contribution < 1.29 is 4.79 Å². The Kier molecular flexibility index (Phi) is 6.29. The zero-order chi connectivity index (χ0) is 24.5. The Morgan fingerprint density at radius 1 is 1.31 bits per heavy atom. The maximum atomic E-state index is 12.6. The summed E-state index contributed by atoms with van der Waals surface area (Å²) in [6, 6.07) is 4.05. The van der Waals surface area contributed by atoms with E-state index in [0.717, 1.165) is 20.2 Å². The molecular formula is C22H18ClN9OS2. The van der Waals surface area contributed by atoms with Crippen molar-refractivity contribution in [3.8, 4) is 6.07 Å². The number of nitrogens with one attached hydrogen (secondary N) is 1. The first kappa shape index (κ1) is 23.1. The minimum absolute atomic E-state index is 0.280. The van der Waals surface area contributed by atoms with Crippen LogP contribution in [0.1, 0.15) is 26.4 Å². The summed E-state index contributed by atoms with van der Waals surface area (Å²) in [7, 11) is 1.74. The van der Waals surface area contributed by atoms with Gasteiger partial charge in [0.1, 0.15) is 16.9 Å². The van der Waals surface area contributed by atoms with Gasteiger partial charge in [0.15, 0.2) is 0 Å². The highest BCUT2D eigenvalue weighted by atomic mass is 35.5. The number of anilines is 3. The van der Waals surface area contributed by atoms with E-state index in [1.165, 1.54) is 29.3 Å². The maximum Gasteiger partial charge on any atom is 0.259 e. The summed E-state index contributed by atoms with van der Waals surface area (Å²) in [5.41, 5.74) is 7.69. The smallest absolute Gasteiger partial charge is 0.259 e. The van der Waals surface area contributed by atoms with Crippen molar-refractivity contribution in [2.75, 3.05) is 22.5 Å². The molecule has 0 bridgehead atoms. The molecule has 0 unspecified atom stereocenters. The molecule has 4 aromatic rings. The average Bonchev–Trinajstić information content (AvgIpc) is 3.44. The van der Waals surface area contributed by atoms with E-state index in [-0.39, 0.29) is 11.7 Å². The number of nitrogens with zero attached hydrogens (tertiary/aromatic N) is 7. The van der Waals surface area contributed by atoms with Gasteiger partial charge in [-0.3, -0.25) is 9.48 Å². The molecule has 0 fully saturated rings. The molecule has 0 atom stereocenters. The molecule has 0 spiro atoms. The third-order valence-corrected chi connectivity index (χ3v) is 8.02. The van der Waals surface area contributed by atoms with Gasteiger partial charge in [0.2, 0.25) is 5.95 Å². The van der Waals surface area contributed by atoms with Crippen LogP contribution in [0.25, 0.3) is 0 Å². The second-order valence-electron chi connectivity index (χ2n) is 7.68. The first-order chi connectivity index (χ1) is 16.9. The summed E-state index contributed by atoms with van der Waals surface area (Å²) in [5, 5.41) is 17.6. The van der Waals surface area contributed by atoms with Gasteiger partial charge in [0.25, 0.3) is 5.91 Å². The van der Waals surface area contributed by atoms with Gasteiger partial charge in [-0.05, 0) is 18.1 Å². The number of aromatic nitrogens is 5. The molecule has 13 heteroatoms. The van der Waals surface area contributed by atoms with Crippen molar-refractivity contribution in [3.63, 3.8) is 0 Å². The van der Waals surface area contributed by atoms with E-state index < -0.39 is 0 Å². The summed E-state index contributed by atoms with van der Waals surface area (Å²) < 4.78 is 1.56. The normalized spacial score (nSPS) is 12.8. The second-order valence-corrected chi connectivity index (χ2v) is 10.3. The molecule has 176 valence electrons. The number of hydrogen-bond acceptors (Lipinski definition) is 10. The summed E-state index contributed by atoms with van der Waals surface area (Å²) in [6.45, 7) is 1.21. The fraction of sp³-hybridized carbons (Fsp3) is 0.182. The van der Waals surface area contributed by atoms with Gasteiger partial charge in [-0.1, -0.05) is 23.4 Å². The lowest BCUT2D eigenvalue weighted by Crippen LogP contribution is -2.31. The summed E-state index contributed by atoms with van der Waals surface area (Å²) in [4.78, 5) is 30.3. The highest BCUT2D eigenvalue weighted by Gasteiger charge is 2.27. The lowest BCUT2D eigenvalue weighted by atomic mass is 10.0. The van der Waals surface area contributed by atoms with E-state index in [2.05, 4.69) is 36.3 Å². The molecule has 5 heterocycles. The minimum Gasteiger partial charge on any atom is -0.382 e. The average molecular weight is 524 g/mol. The number of thiophene rings is 1. The monoisotopic (exact) mass is 523 g/mol. The van der Waals surface area contributed by atoms with Crippen LogP contribution in [0.3, 0.4) is 0 Å². The van der Waals surface area contributed by atoms with Gasteiger partial charge < -0.3 is 16.0 Å². The number of nitriles is 1. The van der Waals surface area contributed by atoms with Crippen LogP contribution in [-0.4, -0.2) is 37.2 Å². The molecule has 1 aliphatic rings. The number of nitrogen functional groups attached to an aromatic ring is 1. The number of fused-ring (bicyclic) bond motifs is 1. The number of pyridine rings is 1. The van der Waals surface area contributed by atoms with E-state index in [4.69, 9.17) is 17.3 Å². The molecule has 0 aliphatic carbocycles. The molecule has 1 amide bonds. The molecule has 3 N–H and O–H groups in total. The van der Waals surface area contributed by atoms with Gasteiger partial charge in [-0.15, -0.1) is 11.3 Å². The van der Waals surface area contributed by atoms with E-state index >= 15 is 0 Å². The largest absolute Gasteiger partial charge is 0.382 e. The van der Waals surface area contributed by atoms with Crippen LogP contribution in [0.5, 0.6) is 0 Å². The summed E-state index contributed by atoms with van der Waals surface area (Å²) >= 11 is 9.05. The van der Waals surface area contributed by atoms with Crippen molar-refractivity contribution in [2.45, 2.75) is 22.8 Å². The van der Waals surface area contributed by atoms with Crippen LogP contribution < -0.4 is 16.0 Å². The van der Waals surface area contributed by atoms with Gasteiger partial charge >= 0.3 is 0 Å². The molecule has 0 radical (unpaired) electrons. The molecular weight excluding hydrogens is 506 g/mol. The Morgan fingerprint density at radius 2 is 2.11 bits per heavy atom. The lowest BCUT2D eigenvalue weighted by molar-refractivity contribution is 0.102.